The number of aromatic nitrogens is 1. The van der Waals surface area contributed by atoms with Gasteiger partial charge in [-0.2, -0.15) is 4.57 Å². The van der Waals surface area contributed by atoms with Crippen LogP contribution < -0.4 is 14.0 Å². The summed E-state index contributed by atoms with van der Waals surface area (Å²) in [4.78, 5) is 0. The Morgan fingerprint density at radius 2 is 1.62 bits per heavy atom. The van der Waals surface area contributed by atoms with Crippen molar-refractivity contribution in [1.29, 1.82) is 0 Å². The Morgan fingerprint density at radius 3 is 2.08 bits per heavy atom. The Morgan fingerprint density at radius 1 is 1.04 bits per heavy atom. The fraction of sp³-hybridized carbons (Fsp3) is 0.550. The van der Waals surface area contributed by atoms with Gasteiger partial charge >= 0.3 is 0 Å². The maximum Gasteiger partial charge on any atom is 0.190 e. The highest BCUT2D eigenvalue weighted by atomic mass is 16.5. The second-order valence-corrected chi connectivity index (χ2v) is 6.29. The van der Waals surface area contributed by atoms with Crippen LogP contribution in [0.1, 0.15) is 38.1 Å². The largest absolute Gasteiger partial charge is 0.493 e. The first-order chi connectivity index (χ1) is 11.7. The fourth-order valence-electron chi connectivity index (χ4n) is 3.69. The highest BCUT2D eigenvalue weighted by molar-refractivity contribution is 5.79. The van der Waals surface area contributed by atoms with E-state index in [0.29, 0.717) is 19.3 Å². The zero-order valence-electron chi connectivity index (χ0n) is 15.2. The molecule has 2 heterocycles. The third kappa shape index (κ3) is 3.07. The van der Waals surface area contributed by atoms with E-state index in [-0.39, 0.29) is 0 Å². The van der Waals surface area contributed by atoms with Gasteiger partial charge in [-0.25, -0.2) is 0 Å². The molecule has 0 amide bonds. The number of hydrogen-bond acceptors (Lipinski definition) is 3. The van der Waals surface area contributed by atoms with E-state index in [1.165, 1.54) is 11.4 Å². The Labute approximate surface area is 144 Å². The van der Waals surface area contributed by atoms with Gasteiger partial charge in [-0.15, -0.1) is 0 Å². The van der Waals surface area contributed by atoms with Crippen molar-refractivity contribution in [3.8, 4) is 22.6 Å². The molecule has 1 atom stereocenters. The van der Waals surface area contributed by atoms with E-state index in [4.69, 9.17) is 14.2 Å². The van der Waals surface area contributed by atoms with Crippen molar-refractivity contribution >= 4 is 0 Å². The van der Waals surface area contributed by atoms with Crippen LogP contribution in [0.3, 0.4) is 0 Å². The Balaban J connectivity index is 2.15. The predicted octanol–water partition coefficient (Wildman–Crippen LogP) is 3.67. The molecule has 1 unspecified atom stereocenters. The van der Waals surface area contributed by atoms with Crippen LogP contribution in [0.25, 0.3) is 11.1 Å². The molecule has 4 heteroatoms. The molecule has 3 rings (SSSR count). The van der Waals surface area contributed by atoms with Crippen LogP contribution >= 0.6 is 0 Å². The van der Waals surface area contributed by atoms with Gasteiger partial charge < -0.3 is 14.2 Å². The number of hydrogen-bond donors (Lipinski definition) is 0. The number of rotatable bonds is 6. The zero-order chi connectivity index (χ0) is 17.1. The summed E-state index contributed by atoms with van der Waals surface area (Å²) in [7, 11) is 0. The Bertz CT molecular complexity index is 631. The van der Waals surface area contributed by atoms with Crippen LogP contribution in [0.5, 0.6) is 11.5 Å². The minimum atomic E-state index is 0.309. The summed E-state index contributed by atoms with van der Waals surface area (Å²) in [6.07, 6.45) is 2.61. The highest BCUT2D eigenvalue weighted by Gasteiger charge is 2.34. The molecule has 0 radical (unpaired) electrons. The molecule has 3 aliphatic rings. The molecule has 1 aliphatic carbocycles. The first-order valence-electron chi connectivity index (χ1n) is 9.00. The normalized spacial score (nSPS) is 17.4. The van der Waals surface area contributed by atoms with E-state index < -0.39 is 0 Å². The molecule has 0 saturated carbocycles. The molecule has 0 aromatic rings. The van der Waals surface area contributed by atoms with Crippen LogP contribution in [0.2, 0.25) is 0 Å². The first kappa shape index (κ1) is 17.0. The van der Waals surface area contributed by atoms with Crippen molar-refractivity contribution < 1.29 is 18.8 Å². The van der Waals surface area contributed by atoms with Crippen LogP contribution in [-0.2, 0) is 11.3 Å². The summed E-state index contributed by atoms with van der Waals surface area (Å²) < 4.78 is 20.1. The van der Waals surface area contributed by atoms with Gasteiger partial charge in [0, 0.05) is 20.5 Å². The van der Waals surface area contributed by atoms with Crippen molar-refractivity contribution in [2.75, 3.05) is 19.8 Å². The van der Waals surface area contributed by atoms with Gasteiger partial charge in [-0.1, -0.05) is 6.07 Å². The van der Waals surface area contributed by atoms with E-state index in [0.717, 1.165) is 48.6 Å². The van der Waals surface area contributed by atoms with Gasteiger partial charge in [0.15, 0.2) is 17.9 Å². The molecule has 1 fully saturated rings. The SMILES string of the molecule is CCOc1cccc(OCC)c2c(C)[n+](CC3CCCO3)c(C)c1-2. The van der Waals surface area contributed by atoms with Crippen molar-refractivity contribution in [3.05, 3.63) is 29.6 Å². The molecular formula is C20H28NO3+. The molecule has 0 spiro atoms. The third-order valence-corrected chi connectivity index (χ3v) is 4.78. The molecule has 0 aromatic heterocycles. The fourth-order valence-corrected chi connectivity index (χ4v) is 3.69. The van der Waals surface area contributed by atoms with Gasteiger partial charge in [0.05, 0.1) is 13.2 Å². The summed E-state index contributed by atoms with van der Waals surface area (Å²) in [5, 5.41) is 0. The predicted molar refractivity (Wildman–Crippen MR) is 94.0 cm³/mol. The summed E-state index contributed by atoms with van der Waals surface area (Å²) >= 11 is 0. The van der Waals surface area contributed by atoms with E-state index in [2.05, 4.69) is 18.4 Å². The van der Waals surface area contributed by atoms with Crippen molar-refractivity contribution in [1.82, 2.24) is 0 Å². The average Bonchev–Trinajstić information content (AvgIpc) is 3.10. The summed E-state index contributed by atoms with van der Waals surface area (Å²) in [6, 6.07) is 6.09. The third-order valence-electron chi connectivity index (χ3n) is 4.78. The molecule has 0 aromatic carbocycles. The average molecular weight is 330 g/mol. The van der Waals surface area contributed by atoms with Crippen molar-refractivity contribution in [3.63, 3.8) is 0 Å². The number of ether oxygens (including phenoxy) is 3. The van der Waals surface area contributed by atoms with E-state index in [9.17, 15) is 0 Å². The molecular weight excluding hydrogens is 302 g/mol. The van der Waals surface area contributed by atoms with Crippen molar-refractivity contribution in [2.45, 2.75) is 53.2 Å². The molecule has 24 heavy (non-hydrogen) atoms. The van der Waals surface area contributed by atoms with Gasteiger partial charge in [0.25, 0.3) is 0 Å². The summed E-state index contributed by atoms with van der Waals surface area (Å²) in [5.74, 6) is 1.84. The van der Waals surface area contributed by atoms with Crippen LogP contribution in [0.15, 0.2) is 18.2 Å². The van der Waals surface area contributed by atoms with Gasteiger partial charge in [0.2, 0.25) is 0 Å². The number of fused-ring (bicyclic) bond motifs is 1. The number of nitrogens with zero attached hydrogens (tertiary/aromatic N) is 1. The highest BCUT2D eigenvalue weighted by Crippen LogP contribution is 2.41. The standard InChI is InChI=1S/C20H28NO3/c1-5-22-17-10-7-11-18(23-6-2)20-15(4)21(14(3)19(17)20)13-16-9-8-12-24-16/h7,10-11,16H,5-6,8-9,12-13H2,1-4H3/q+1. The summed E-state index contributed by atoms with van der Waals surface area (Å²) in [6.45, 7) is 11.5. The lowest BCUT2D eigenvalue weighted by Gasteiger charge is -2.06. The molecule has 2 aliphatic heterocycles. The monoisotopic (exact) mass is 330 g/mol. The topological polar surface area (TPSA) is 31.6 Å². The smallest absolute Gasteiger partial charge is 0.190 e. The minimum absolute atomic E-state index is 0.309. The second kappa shape index (κ2) is 7.39. The molecule has 0 bridgehead atoms. The lowest BCUT2D eigenvalue weighted by molar-refractivity contribution is -0.710. The Hall–Kier alpha value is -1.81. The molecule has 4 nitrogen and oxygen atoms in total. The second-order valence-electron chi connectivity index (χ2n) is 6.29. The molecule has 1 saturated heterocycles. The van der Waals surface area contributed by atoms with Crippen LogP contribution in [0, 0.1) is 13.8 Å². The van der Waals surface area contributed by atoms with Gasteiger partial charge in [0.1, 0.15) is 28.7 Å². The lowest BCUT2D eigenvalue weighted by atomic mass is 10.1. The van der Waals surface area contributed by atoms with E-state index in [1.807, 2.05) is 32.0 Å². The summed E-state index contributed by atoms with van der Waals surface area (Å²) in [5.41, 5.74) is 4.75. The van der Waals surface area contributed by atoms with Crippen LogP contribution in [-0.4, -0.2) is 25.9 Å². The zero-order valence-corrected chi connectivity index (χ0v) is 15.2. The maximum absolute atomic E-state index is 5.93. The van der Waals surface area contributed by atoms with Crippen molar-refractivity contribution in [2.24, 2.45) is 0 Å². The van der Waals surface area contributed by atoms with E-state index >= 15 is 0 Å². The maximum atomic E-state index is 5.93. The van der Waals surface area contributed by atoms with Crippen LogP contribution in [0.4, 0.5) is 0 Å². The van der Waals surface area contributed by atoms with Gasteiger partial charge in [-0.05, 0) is 38.8 Å². The Kier molecular flexibility index (Phi) is 5.24. The first-order valence-corrected chi connectivity index (χ1v) is 9.00. The lowest BCUT2D eigenvalue weighted by Crippen LogP contribution is -2.42. The molecule has 130 valence electrons. The molecule has 0 N–H and O–H groups in total. The quantitative estimate of drug-likeness (QED) is 0.757. The van der Waals surface area contributed by atoms with Gasteiger partial charge in [-0.3, -0.25) is 0 Å². The van der Waals surface area contributed by atoms with E-state index in [1.54, 1.807) is 0 Å². The minimum Gasteiger partial charge on any atom is -0.493 e.